The minimum absolute atomic E-state index is 0.00910. The zero-order valence-corrected chi connectivity index (χ0v) is 49.2. The Labute approximate surface area is 482 Å². The van der Waals surface area contributed by atoms with Gasteiger partial charge < -0.3 is 103 Å². The van der Waals surface area contributed by atoms with E-state index in [1.54, 1.807) is 0 Å². The van der Waals surface area contributed by atoms with Crippen molar-refractivity contribution in [2.24, 2.45) is 39.9 Å². The van der Waals surface area contributed by atoms with Crippen LogP contribution in [0.4, 0.5) is 0 Å². The summed E-state index contributed by atoms with van der Waals surface area (Å²) >= 11 is 0. The number of carbonyl (C=O) groups excluding carboxylic acids is 2. The van der Waals surface area contributed by atoms with Gasteiger partial charge in [0, 0.05) is 20.0 Å². The Bertz CT molecular complexity index is 2450. The average molecular weight is 1210 g/mol. The number of hydrogen-bond donors (Lipinski definition) is 11. The number of fused-ring (bicyclic) bond motifs is 4. The monoisotopic (exact) mass is 1210 g/mol. The van der Waals surface area contributed by atoms with Gasteiger partial charge in [-0.15, -0.1) is 0 Å². The van der Waals surface area contributed by atoms with E-state index in [2.05, 4.69) is 6.92 Å². The van der Waals surface area contributed by atoms with Gasteiger partial charge in [-0.1, -0.05) is 32.4 Å². The molecule has 5 heterocycles. The van der Waals surface area contributed by atoms with Gasteiger partial charge in [-0.2, -0.15) is 8.42 Å². The molecule has 28 unspecified atom stereocenters. The van der Waals surface area contributed by atoms with Crippen molar-refractivity contribution in [1.29, 1.82) is 0 Å². The Hall–Kier alpha value is -2.21. The zero-order chi connectivity index (χ0) is 60.8. The molecule has 28 atom stereocenters. The summed E-state index contributed by atoms with van der Waals surface area (Å²) in [5.74, 6) is -1.21. The van der Waals surface area contributed by atoms with E-state index in [9.17, 15) is 73.6 Å². The summed E-state index contributed by atoms with van der Waals surface area (Å²) in [7, 11) is -4.00. The van der Waals surface area contributed by atoms with Crippen LogP contribution in [0.5, 0.6) is 0 Å². The minimum Gasteiger partial charge on any atom is -0.460 e. The molecule has 1 spiro atoms. The lowest BCUT2D eigenvalue weighted by Gasteiger charge is -2.62. The van der Waals surface area contributed by atoms with Crippen molar-refractivity contribution >= 4 is 22.3 Å². The van der Waals surface area contributed by atoms with Crippen molar-refractivity contribution in [1.82, 2.24) is 0 Å². The first-order chi connectivity index (χ1) is 38.8. The number of carbonyl (C=O) groups is 2. The van der Waals surface area contributed by atoms with Gasteiger partial charge in [-0.3, -0.25) is 14.1 Å². The molecule has 0 amide bonds. The molecule has 27 nitrogen and oxygen atoms in total. The van der Waals surface area contributed by atoms with Crippen LogP contribution in [0, 0.1) is 39.9 Å². The third-order valence-electron chi connectivity index (χ3n) is 20.3. The van der Waals surface area contributed by atoms with E-state index in [0.29, 0.717) is 44.9 Å². The predicted molar refractivity (Wildman–Crippen MR) is 279 cm³/mol. The first-order valence-corrected chi connectivity index (χ1v) is 30.3. The Morgan fingerprint density at radius 1 is 0.723 bits per heavy atom. The van der Waals surface area contributed by atoms with Crippen molar-refractivity contribution < 1.29 is 130 Å². The van der Waals surface area contributed by atoms with Gasteiger partial charge in [0.2, 0.25) is 0 Å². The SMILES string of the molecule is COC1C(O)C(CO)OC(OC2C(O)C(CO)OC(OC3C(C)OC(OC4C(OC5CCC6(C)C7=CC(O)C89C(=O)OC(C)(CCCC(C)(C)OC(C)=O)C8CCC9C7CCC6C5(C)C)OCC(OS(=O)(=O)O)C4O)C(O)C3O)C2O)C1O. The molecule has 0 radical (unpaired) electrons. The molecule has 0 aromatic rings. The molecule has 9 aliphatic rings. The standard InChI is InChI=1S/C55H88O27S/c1-23-42(77-48-41(66)44(36(61)29(21-57)75-48)78-47-40(65)43(71-9)35(60)28(20-56)74-47)38(63)39(64)46(73-23)79-45-37(62)30(82-83(68,69)70)22-72-49(45)76-34-15-18-53(7)27-19-33(59)55-26(25(27)11-13-31(53)52(34,5)6)12-14-32(55)54(8,81-50(55)67)17-10-16-51(3,4)80-24(2)58/h19,23,25-26,28-49,56-57,59-66H,10-18,20-22H2,1-9H3,(H,68,69,70). The molecule has 4 aliphatic carbocycles. The molecule has 83 heavy (non-hydrogen) atoms. The Morgan fingerprint density at radius 2 is 1.31 bits per heavy atom. The van der Waals surface area contributed by atoms with E-state index in [4.69, 9.17) is 56.3 Å². The van der Waals surface area contributed by atoms with E-state index in [0.717, 1.165) is 18.4 Å². The predicted octanol–water partition coefficient (Wildman–Crippen LogP) is -1.21. The topological polar surface area (TPSA) is 402 Å². The highest BCUT2D eigenvalue weighted by molar-refractivity contribution is 7.80. The number of methoxy groups -OCH3 is 1. The summed E-state index contributed by atoms with van der Waals surface area (Å²) in [4.78, 5) is 26.1. The number of allylic oxidation sites excluding steroid dienone is 1. The van der Waals surface area contributed by atoms with Gasteiger partial charge in [0.15, 0.2) is 25.2 Å². The number of hydrogen-bond acceptors (Lipinski definition) is 26. The quantitative estimate of drug-likeness (QED) is 0.0332. The van der Waals surface area contributed by atoms with E-state index in [1.165, 1.54) is 21.0 Å². The largest absolute Gasteiger partial charge is 0.460 e. The van der Waals surface area contributed by atoms with Gasteiger partial charge in [0.25, 0.3) is 0 Å². The second kappa shape index (κ2) is 24.3. The Kier molecular flexibility index (Phi) is 19.1. The first-order valence-electron chi connectivity index (χ1n) is 29.0. The van der Waals surface area contributed by atoms with Gasteiger partial charge >= 0.3 is 22.3 Å². The molecular formula is C55H88O27S. The summed E-state index contributed by atoms with van der Waals surface area (Å²) in [6.45, 7) is 12.5. The van der Waals surface area contributed by atoms with Crippen LogP contribution in [0.3, 0.4) is 0 Å². The third kappa shape index (κ3) is 11.9. The molecule has 8 fully saturated rings. The molecule has 0 bridgehead atoms. The van der Waals surface area contributed by atoms with Crippen molar-refractivity contribution in [3.8, 4) is 0 Å². The fourth-order valence-electron chi connectivity index (χ4n) is 16.4. The fourth-order valence-corrected chi connectivity index (χ4v) is 16.9. The molecular weight excluding hydrogens is 1120 g/mol. The van der Waals surface area contributed by atoms with Crippen molar-refractivity contribution in [3.63, 3.8) is 0 Å². The van der Waals surface area contributed by atoms with Gasteiger partial charge in [-0.05, 0) is 114 Å². The molecule has 5 saturated heterocycles. The molecule has 28 heteroatoms. The molecule has 0 aromatic carbocycles. The lowest BCUT2D eigenvalue weighted by atomic mass is 9.43. The van der Waals surface area contributed by atoms with Crippen molar-refractivity contribution in [2.45, 2.75) is 253 Å². The van der Waals surface area contributed by atoms with Crippen LogP contribution in [0.15, 0.2) is 11.6 Å². The van der Waals surface area contributed by atoms with Crippen LogP contribution in [0.2, 0.25) is 0 Å². The number of ether oxygens (including phenoxy) is 11. The van der Waals surface area contributed by atoms with Crippen molar-refractivity contribution in [3.05, 3.63) is 11.6 Å². The number of aliphatic hydroxyl groups excluding tert-OH is 10. The smallest absolute Gasteiger partial charge is 0.397 e. The van der Waals surface area contributed by atoms with Crippen LogP contribution in [0.1, 0.15) is 113 Å². The molecule has 476 valence electrons. The second-order valence-electron chi connectivity index (χ2n) is 26.1. The molecule has 5 aliphatic heterocycles. The summed E-state index contributed by atoms with van der Waals surface area (Å²) in [5.41, 5.74) is -2.67. The van der Waals surface area contributed by atoms with E-state index >= 15 is 0 Å². The number of esters is 2. The Balaban J connectivity index is 0.889. The highest BCUT2D eigenvalue weighted by Gasteiger charge is 2.75. The third-order valence-corrected chi connectivity index (χ3v) is 20.8. The van der Waals surface area contributed by atoms with Crippen LogP contribution in [0.25, 0.3) is 0 Å². The van der Waals surface area contributed by atoms with Crippen LogP contribution in [-0.4, -0.2) is 243 Å². The Morgan fingerprint density at radius 3 is 1.93 bits per heavy atom. The number of rotatable bonds is 18. The maximum Gasteiger partial charge on any atom is 0.397 e. The summed E-state index contributed by atoms with van der Waals surface area (Å²) in [6, 6.07) is 0. The lowest BCUT2D eigenvalue weighted by Crippen LogP contribution is -2.67. The zero-order valence-electron chi connectivity index (χ0n) is 48.4. The molecule has 3 saturated carbocycles. The normalized spacial score (nSPS) is 48.9. The summed E-state index contributed by atoms with van der Waals surface area (Å²) in [5, 5.41) is 112. The van der Waals surface area contributed by atoms with Gasteiger partial charge in [0.1, 0.15) is 102 Å². The fraction of sp³-hybridized carbons (Fsp3) is 0.927. The highest BCUT2D eigenvalue weighted by atomic mass is 32.3. The van der Waals surface area contributed by atoms with Crippen LogP contribution < -0.4 is 0 Å². The summed E-state index contributed by atoms with van der Waals surface area (Å²) < 4.78 is 104. The highest BCUT2D eigenvalue weighted by Crippen LogP contribution is 2.71. The molecule has 11 N–H and O–H groups in total. The average Bonchev–Trinajstić information content (AvgIpc) is 1.71. The lowest BCUT2D eigenvalue weighted by molar-refractivity contribution is -0.389. The van der Waals surface area contributed by atoms with Crippen LogP contribution >= 0.6 is 0 Å². The van der Waals surface area contributed by atoms with Crippen LogP contribution in [-0.2, 0) is 76.3 Å². The van der Waals surface area contributed by atoms with Gasteiger partial charge in [0.05, 0.1) is 38.1 Å². The van der Waals surface area contributed by atoms with E-state index in [1.807, 2.05) is 40.7 Å². The maximum atomic E-state index is 14.4. The molecule has 9 rings (SSSR count). The number of cyclic esters (lactones) is 1. The first kappa shape index (κ1) is 65.2. The van der Waals surface area contributed by atoms with Gasteiger partial charge in [-0.25, -0.2) is 4.18 Å². The minimum atomic E-state index is -5.18. The number of aliphatic hydroxyl groups is 10. The summed E-state index contributed by atoms with van der Waals surface area (Å²) in [6.07, 6.45) is -26.4. The second-order valence-corrected chi connectivity index (χ2v) is 27.2. The maximum absolute atomic E-state index is 14.4. The van der Waals surface area contributed by atoms with E-state index < -0.39 is 187 Å². The molecule has 0 aromatic heterocycles. The van der Waals surface area contributed by atoms with E-state index in [-0.39, 0.29) is 35.6 Å². The van der Waals surface area contributed by atoms with Crippen molar-refractivity contribution in [2.75, 3.05) is 26.9 Å².